The van der Waals surface area contributed by atoms with E-state index in [2.05, 4.69) is 0 Å². The lowest BCUT2D eigenvalue weighted by Gasteiger charge is -2.16. The molecular formula is C8H13ClO4. The van der Waals surface area contributed by atoms with Gasteiger partial charge in [0.15, 0.2) is 6.29 Å². The molecule has 0 aromatic heterocycles. The SMILES string of the molecule is CCO[C@@H]1OC[C@H](OC(=O)Cl)C1C. The highest BCUT2D eigenvalue weighted by atomic mass is 35.5. The third kappa shape index (κ3) is 2.83. The van der Waals surface area contributed by atoms with E-state index in [-0.39, 0.29) is 18.3 Å². The van der Waals surface area contributed by atoms with Gasteiger partial charge in [-0.1, -0.05) is 6.92 Å². The molecule has 3 atom stereocenters. The summed E-state index contributed by atoms with van der Waals surface area (Å²) in [4.78, 5) is 10.5. The highest BCUT2D eigenvalue weighted by Crippen LogP contribution is 2.24. The highest BCUT2D eigenvalue weighted by molar-refractivity contribution is 6.61. The van der Waals surface area contributed by atoms with Crippen molar-refractivity contribution in [1.82, 2.24) is 0 Å². The summed E-state index contributed by atoms with van der Waals surface area (Å²) in [7, 11) is 0. The van der Waals surface area contributed by atoms with Crippen LogP contribution in [-0.4, -0.2) is 31.0 Å². The number of hydrogen-bond acceptors (Lipinski definition) is 4. The minimum absolute atomic E-state index is 0.0302. The van der Waals surface area contributed by atoms with Crippen molar-refractivity contribution < 1.29 is 19.0 Å². The first kappa shape index (κ1) is 10.8. The van der Waals surface area contributed by atoms with E-state index in [1.807, 2.05) is 13.8 Å². The smallest absolute Gasteiger partial charge is 0.404 e. The fraction of sp³-hybridized carbons (Fsp3) is 0.875. The third-order valence-electron chi connectivity index (χ3n) is 2.02. The van der Waals surface area contributed by atoms with Gasteiger partial charge in [-0.15, -0.1) is 0 Å². The average molecular weight is 209 g/mol. The lowest BCUT2D eigenvalue weighted by molar-refractivity contribution is -0.124. The largest absolute Gasteiger partial charge is 0.447 e. The van der Waals surface area contributed by atoms with Crippen LogP contribution in [0.25, 0.3) is 0 Å². The summed E-state index contributed by atoms with van der Waals surface area (Å²) in [6.07, 6.45) is -0.576. The molecule has 1 aliphatic heterocycles. The number of hydrogen-bond donors (Lipinski definition) is 0. The van der Waals surface area contributed by atoms with Gasteiger partial charge in [-0.2, -0.15) is 0 Å². The van der Waals surface area contributed by atoms with E-state index in [1.165, 1.54) is 0 Å². The van der Waals surface area contributed by atoms with Gasteiger partial charge >= 0.3 is 5.43 Å². The predicted molar refractivity (Wildman–Crippen MR) is 46.7 cm³/mol. The molecule has 13 heavy (non-hydrogen) atoms. The second-order valence-corrected chi connectivity index (χ2v) is 3.22. The highest BCUT2D eigenvalue weighted by Gasteiger charge is 2.36. The van der Waals surface area contributed by atoms with Crippen molar-refractivity contribution in [3.63, 3.8) is 0 Å². The van der Waals surface area contributed by atoms with E-state index in [4.69, 9.17) is 25.8 Å². The molecule has 1 rings (SSSR count). The second kappa shape index (κ2) is 4.79. The zero-order valence-corrected chi connectivity index (χ0v) is 8.41. The number of halogens is 1. The van der Waals surface area contributed by atoms with E-state index in [9.17, 15) is 4.79 Å². The standard InChI is InChI=1S/C8H13ClO4/c1-3-11-7-5(2)6(4-12-7)13-8(9)10/h5-7H,3-4H2,1-2H3/t5?,6-,7+/m0/s1. The van der Waals surface area contributed by atoms with Crippen LogP contribution in [0.4, 0.5) is 4.79 Å². The number of carbonyl (C=O) groups excluding carboxylic acids is 1. The molecule has 1 fully saturated rings. The molecule has 0 aromatic rings. The molecule has 4 nitrogen and oxygen atoms in total. The maximum atomic E-state index is 10.5. The minimum Gasteiger partial charge on any atom is -0.447 e. The van der Waals surface area contributed by atoms with Gasteiger partial charge in [0, 0.05) is 24.1 Å². The number of carbonyl (C=O) groups is 1. The van der Waals surface area contributed by atoms with Crippen molar-refractivity contribution in [1.29, 1.82) is 0 Å². The van der Waals surface area contributed by atoms with Crippen LogP contribution in [0, 0.1) is 5.92 Å². The molecule has 1 heterocycles. The molecule has 0 spiro atoms. The van der Waals surface area contributed by atoms with Crippen molar-refractivity contribution in [2.45, 2.75) is 26.2 Å². The summed E-state index contributed by atoms with van der Waals surface area (Å²) in [5.74, 6) is 0.0302. The van der Waals surface area contributed by atoms with Crippen LogP contribution in [-0.2, 0) is 14.2 Å². The van der Waals surface area contributed by atoms with Crippen LogP contribution in [0.1, 0.15) is 13.8 Å². The second-order valence-electron chi connectivity index (χ2n) is 2.91. The lowest BCUT2D eigenvalue weighted by atomic mass is 10.1. The maximum absolute atomic E-state index is 10.5. The van der Waals surface area contributed by atoms with Gasteiger partial charge < -0.3 is 14.2 Å². The molecule has 0 saturated carbocycles. The zero-order valence-electron chi connectivity index (χ0n) is 7.66. The third-order valence-corrected chi connectivity index (χ3v) is 2.10. The van der Waals surface area contributed by atoms with Gasteiger partial charge in [0.25, 0.3) is 0 Å². The van der Waals surface area contributed by atoms with Gasteiger partial charge in [0.05, 0.1) is 6.61 Å². The van der Waals surface area contributed by atoms with Gasteiger partial charge in [0.2, 0.25) is 0 Å². The van der Waals surface area contributed by atoms with Crippen molar-refractivity contribution in [2.24, 2.45) is 5.92 Å². The van der Waals surface area contributed by atoms with Crippen molar-refractivity contribution in [2.75, 3.05) is 13.2 Å². The Balaban J connectivity index is 2.40. The Kier molecular flexibility index (Phi) is 3.96. The summed E-state index contributed by atoms with van der Waals surface area (Å²) >= 11 is 5.09. The summed E-state index contributed by atoms with van der Waals surface area (Å²) < 4.78 is 15.4. The topological polar surface area (TPSA) is 44.8 Å². The Morgan fingerprint density at radius 2 is 2.38 bits per heavy atom. The molecule has 1 saturated heterocycles. The molecule has 0 N–H and O–H groups in total. The van der Waals surface area contributed by atoms with E-state index < -0.39 is 5.43 Å². The Bertz CT molecular complexity index is 185. The van der Waals surface area contributed by atoms with Crippen molar-refractivity contribution >= 4 is 17.0 Å². The van der Waals surface area contributed by atoms with Gasteiger partial charge in [0.1, 0.15) is 6.10 Å². The average Bonchev–Trinajstić information content (AvgIpc) is 2.36. The van der Waals surface area contributed by atoms with Gasteiger partial charge in [-0.25, -0.2) is 4.79 Å². The van der Waals surface area contributed by atoms with Crippen LogP contribution >= 0.6 is 11.6 Å². The van der Waals surface area contributed by atoms with E-state index in [0.717, 1.165) is 0 Å². The fourth-order valence-electron chi connectivity index (χ4n) is 1.29. The zero-order chi connectivity index (χ0) is 9.84. The monoisotopic (exact) mass is 208 g/mol. The summed E-state index contributed by atoms with van der Waals surface area (Å²) in [5, 5.41) is 0. The molecular weight excluding hydrogens is 196 g/mol. The van der Waals surface area contributed by atoms with E-state index in [0.29, 0.717) is 13.2 Å². The first-order valence-electron chi connectivity index (χ1n) is 4.24. The molecule has 0 bridgehead atoms. The summed E-state index contributed by atoms with van der Waals surface area (Å²) in [6, 6.07) is 0. The summed E-state index contributed by atoms with van der Waals surface area (Å²) in [6.45, 7) is 4.72. The quantitative estimate of drug-likeness (QED) is 0.663. The number of rotatable bonds is 3. The normalized spacial score (nSPS) is 33.3. The molecule has 0 aromatic carbocycles. The maximum Gasteiger partial charge on any atom is 0.404 e. The van der Waals surface area contributed by atoms with Crippen LogP contribution in [0.2, 0.25) is 0 Å². The van der Waals surface area contributed by atoms with Gasteiger partial charge in [-0.3, -0.25) is 0 Å². The van der Waals surface area contributed by atoms with E-state index in [1.54, 1.807) is 0 Å². The first-order valence-corrected chi connectivity index (χ1v) is 4.62. The Morgan fingerprint density at radius 3 is 2.92 bits per heavy atom. The van der Waals surface area contributed by atoms with Gasteiger partial charge in [-0.05, 0) is 6.92 Å². The predicted octanol–water partition coefficient (Wildman–Crippen LogP) is 1.76. The lowest BCUT2D eigenvalue weighted by Crippen LogP contribution is -2.26. The molecule has 0 amide bonds. The summed E-state index contributed by atoms with van der Waals surface area (Å²) in [5.41, 5.74) is -0.794. The van der Waals surface area contributed by atoms with Crippen LogP contribution < -0.4 is 0 Å². The fourth-order valence-corrected chi connectivity index (χ4v) is 1.41. The van der Waals surface area contributed by atoms with Crippen LogP contribution in [0.5, 0.6) is 0 Å². The molecule has 76 valence electrons. The first-order chi connectivity index (χ1) is 6.15. The molecule has 0 aliphatic carbocycles. The Hall–Kier alpha value is -0.320. The molecule has 1 unspecified atom stereocenters. The molecule has 5 heteroatoms. The minimum atomic E-state index is -0.794. The van der Waals surface area contributed by atoms with Crippen molar-refractivity contribution in [3.05, 3.63) is 0 Å². The molecule has 0 radical (unpaired) electrons. The Labute approximate surface area is 82.1 Å². The van der Waals surface area contributed by atoms with Crippen molar-refractivity contribution in [3.8, 4) is 0 Å². The Morgan fingerprint density at radius 1 is 1.69 bits per heavy atom. The van der Waals surface area contributed by atoms with Crippen LogP contribution in [0.15, 0.2) is 0 Å². The number of ether oxygens (including phenoxy) is 3. The molecule has 1 aliphatic rings. The van der Waals surface area contributed by atoms with E-state index >= 15 is 0 Å². The van der Waals surface area contributed by atoms with Crippen LogP contribution in [0.3, 0.4) is 0 Å².